The smallest absolute Gasteiger partial charge is 0.225 e. The second kappa shape index (κ2) is 4.75. The fraction of sp³-hybridized carbons (Fsp3) is 0.562. The number of benzene rings is 1. The van der Waals surface area contributed by atoms with Crippen LogP contribution in [0.15, 0.2) is 30.3 Å². The number of rotatable bonds is 4. The molecule has 1 aromatic carbocycles. The highest BCUT2D eigenvalue weighted by Crippen LogP contribution is 2.38. The van der Waals surface area contributed by atoms with Crippen molar-refractivity contribution < 1.29 is 4.79 Å². The fourth-order valence-electron chi connectivity index (χ4n) is 2.91. The highest BCUT2D eigenvalue weighted by Gasteiger charge is 2.38. The molecule has 1 amide bonds. The van der Waals surface area contributed by atoms with Gasteiger partial charge < -0.3 is 4.90 Å². The second-order valence-corrected chi connectivity index (χ2v) is 5.93. The highest BCUT2D eigenvalue weighted by molar-refractivity contribution is 5.79. The van der Waals surface area contributed by atoms with Crippen molar-refractivity contribution in [3.05, 3.63) is 35.9 Å². The summed E-state index contributed by atoms with van der Waals surface area (Å²) in [5.41, 5.74) is 1.39. The van der Waals surface area contributed by atoms with E-state index >= 15 is 0 Å². The van der Waals surface area contributed by atoms with Crippen LogP contribution < -0.4 is 0 Å². The number of hydrogen-bond acceptors (Lipinski definition) is 1. The first-order valence-corrected chi connectivity index (χ1v) is 7.07. The number of likely N-dealkylation sites (tertiary alicyclic amines) is 1. The number of carbonyl (C=O) groups is 1. The van der Waals surface area contributed by atoms with Crippen molar-refractivity contribution in [3.8, 4) is 0 Å². The molecule has 2 nitrogen and oxygen atoms in total. The van der Waals surface area contributed by atoms with Gasteiger partial charge in [0.15, 0.2) is 0 Å². The monoisotopic (exact) mass is 243 g/mol. The Hall–Kier alpha value is -1.31. The molecule has 96 valence electrons. The molecule has 1 saturated carbocycles. The molecule has 1 saturated heterocycles. The highest BCUT2D eigenvalue weighted by atomic mass is 16.2. The Morgan fingerprint density at radius 3 is 2.56 bits per heavy atom. The van der Waals surface area contributed by atoms with Crippen molar-refractivity contribution in [1.82, 2.24) is 4.90 Å². The van der Waals surface area contributed by atoms with Gasteiger partial charge in [-0.15, -0.1) is 0 Å². The summed E-state index contributed by atoms with van der Waals surface area (Å²) in [5.74, 6) is 2.01. The largest absolute Gasteiger partial charge is 0.342 e. The van der Waals surface area contributed by atoms with E-state index in [1.807, 2.05) is 0 Å². The van der Waals surface area contributed by atoms with E-state index in [-0.39, 0.29) is 5.92 Å². The lowest BCUT2D eigenvalue weighted by Crippen LogP contribution is -2.52. The van der Waals surface area contributed by atoms with Crippen molar-refractivity contribution in [2.24, 2.45) is 17.8 Å². The fourth-order valence-corrected chi connectivity index (χ4v) is 2.91. The predicted octanol–water partition coefficient (Wildman–Crippen LogP) is 2.73. The van der Waals surface area contributed by atoms with Crippen LogP contribution in [0.5, 0.6) is 0 Å². The van der Waals surface area contributed by atoms with Crippen LogP contribution in [0.1, 0.15) is 25.3 Å². The van der Waals surface area contributed by atoms with E-state index in [9.17, 15) is 4.79 Å². The van der Waals surface area contributed by atoms with Crippen LogP contribution in [-0.2, 0) is 11.2 Å². The zero-order valence-electron chi connectivity index (χ0n) is 11.0. The van der Waals surface area contributed by atoms with E-state index in [0.717, 1.165) is 19.5 Å². The maximum Gasteiger partial charge on any atom is 0.225 e. The van der Waals surface area contributed by atoms with Crippen molar-refractivity contribution in [3.63, 3.8) is 0 Å². The molecule has 18 heavy (non-hydrogen) atoms. The molecule has 2 aliphatic rings. The van der Waals surface area contributed by atoms with Gasteiger partial charge in [0, 0.05) is 19.0 Å². The molecule has 1 aliphatic heterocycles. The Morgan fingerprint density at radius 2 is 1.94 bits per heavy atom. The topological polar surface area (TPSA) is 20.3 Å². The van der Waals surface area contributed by atoms with Gasteiger partial charge in [0.25, 0.3) is 0 Å². The standard InChI is InChI=1S/C16H21NO/c1-12(15-7-8-15)16(18)17-10-14(11-17)9-13-5-3-2-4-6-13/h2-6,12,14-15H,7-11H2,1H3. The molecule has 0 spiro atoms. The van der Waals surface area contributed by atoms with Gasteiger partial charge in [-0.1, -0.05) is 37.3 Å². The zero-order chi connectivity index (χ0) is 12.5. The summed E-state index contributed by atoms with van der Waals surface area (Å²) in [6.45, 7) is 4.03. The van der Waals surface area contributed by atoms with E-state index in [0.29, 0.717) is 17.7 Å². The van der Waals surface area contributed by atoms with Crippen LogP contribution in [0.4, 0.5) is 0 Å². The molecule has 2 heteroatoms. The lowest BCUT2D eigenvalue weighted by Gasteiger charge is -2.41. The van der Waals surface area contributed by atoms with Gasteiger partial charge in [0.05, 0.1) is 0 Å². The zero-order valence-corrected chi connectivity index (χ0v) is 11.0. The molecule has 1 aliphatic carbocycles. The predicted molar refractivity (Wildman–Crippen MR) is 72.1 cm³/mol. The minimum atomic E-state index is 0.266. The summed E-state index contributed by atoms with van der Waals surface area (Å²) < 4.78 is 0. The molecular formula is C16H21NO. The van der Waals surface area contributed by atoms with Crippen LogP contribution in [0.3, 0.4) is 0 Å². The lowest BCUT2D eigenvalue weighted by atomic mass is 9.90. The van der Waals surface area contributed by atoms with E-state index in [4.69, 9.17) is 0 Å². The third-order valence-electron chi connectivity index (χ3n) is 4.35. The van der Waals surface area contributed by atoms with Crippen LogP contribution in [0.2, 0.25) is 0 Å². The normalized spacial score (nSPS) is 21.5. The third-order valence-corrected chi connectivity index (χ3v) is 4.35. The number of hydrogen-bond donors (Lipinski definition) is 0. The van der Waals surface area contributed by atoms with Gasteiger partial charge in [0.2, 0.25) is 5.91 Å². The summed E-state index contributed by atoms with van der Waals surface area (Å²) in [6, 6.07) is 10.6. The summed E-state index contributed by atoms with van der Waals surface area (Å²) in [7, 11) is 0. The quantitative estimate of drug-likeness (QED) is 0.796. The van der Waals surface area contributed by atoms with E-state index in [2.05, 4.69) is 42.2 Å². The maximum atomic E-state index is 12.1. The van der Waals surface area contributed by atoms with Gasteiger partial charge in [-0.05, 0) is 36.7 Å². The molecule has 2 fully saturated rings. The van der Waals surface area contributed by atoms with Gasteiger partial charge in [-0.2, -0.15) is 0 Å². The van der Waals surface area contributed by atoms with Crippen molar-refractivity contribution >= 4 is 5.91 Å². The summed E-state index contributed by atoms with van der Waals surface area (Å²) >= 11 is 0. The first-order valence-electron chi connectivity index (χ1n) is 7.07. The Labute approximate surface area is 109 Å². The number of amides is 1. The van der Waals surface area contributed by atoms with Gasteiger partial charge in [-0.25, -0.2) is 0 Å². The molecule has 1 heterocycles. The molecule has 0 aromatic heterocycles. The molecule has 0 radical (unpaired) electrons. The second-order valence-electron chi connectivity index (χ2n) is 5.93. The Kier molecular flexibility index (Phi) is 3.11. The summed E-state index contributed by atoms with van der Waals surface area (Å²) in [6.07, 6.45) is 3.63. The third kappa shape index (κ3) is 2.43. The number of nitrogens with zero attached hydrogens (tertiary/aromatic N) is 1. The van der Waals surface area contributed by atoms with E-state index < -0.39 is 0 Å². The van der Waals surface area contributed by atoms with Crippen LogP contribution in [0.25, 0.3) is 0 Å². The van der Waals surface area contributed by atoms with Gasteiger partial charge >= 0.3 is 0 Å². The SMILES string of the molecule is CC(C(=O)N1CC(Cc2ccccc2)C1)C1CC1. The Bertz CT molecular complexity index is 418. The van der Waals surface area contributed by atoms with Crippen molar-refractivity contribution in [1.29, 1.82) is 0 Å². The first kappa shape index (κ1) is 11.8. The molecular weight excluding hydrogens is 222 g/mol. The van der Waals surface area contributed by atoms with E-state index in [1.165, 1.54) is 18.4 Å². The summed E-state index contributed by atoms with van der Waals surface area (Å²) in [4.78, 5) is 14.2. The number of carbonyl (C=O) groups excluding carboxylic acids is 1. The van der Waals surface area contributed by atoms with Crippen LogP contribution >= 0.6 is 0 Å². The Morgan fingerprint density at radius 1 is 1.28 bits per heavy atom. The molecule has 1 aromatic rings. The van der Waals surface area contributed by atoms with Crippen LogP contribution in [-0.4, -0.2) is 23.9 Å². The van der Waals surface area contributed by atoms with Gasteiger partial charge in [0.1, 0.15) is 0 Å². The molecule has 1 atom stereocenters. The average molecular weight is 243 g/mol. The molecule has 3 rings (SSSR count). The first-order chi connectivity index (χ1) is 8.74. The van der Waals surface area contributed by atoms with Gasteiger partial charge in [-0.3, -0.25) is 4.79 Å². The van der Waals surface area contributed by atoms with Crippen LogP contribution in [0, 0.1) is 17.8 Å². The minimum Gasteiger partial charge on any atom is -0.342 e. The van der Waals surface area contributed by atoms with Crippen molar-refractivity contribution in [2.45, 2.75) is 26.2 Å². The molecule has 1 unspecified atom stereocenters. The molecule has 0 bridgehead atoms. The lowest BCUT2D eigenvalue weighted by molar-refractivity contribution is -0.142. The molecule has 0 N–H and O–H groups in total. The summed E-state index contributed by atoms with van der Waals surface area (Å²) in [5, 5.41) is 0. The minimum absolute atomic E-state index is 0.266. The average Bonchev–Trinajstić information content (AvgIpc) is 3.17. The Balaban J connectivity index is 1.47. The van der Waals surface area contributed by atoms with E-state index in [1.54, 1.807) is 0 Å². The maximum absolute atomic E-state index is 12.1. The van der Waals surface area contributed by atoms with Crippen molar-refractivity contribution in [2.75, 3.05) is 13.1 Å².